The van der Waals surface area contributed by atoms with Crippen LogP contribution in [0, 0.1) is 0 Å². The zero-order valence-corrected chi connectivity index (χ0v) is 15.0. The van der Waals surface area contributed by atoms with Crippen molar-refractivity contribution in [3.63, 3.8) is 0 Å². The lowest BCUT2D eigenvalue weighted by Crippen LogP contribution is -2.23. The first-order valence-corrected chi connectivity index (χ1v) is 9.35. The van der Waals surface area contributed by atoms with E-state index < -0.39 is 10.0 Å². The molecule has 2 heterocycles. The van der Waals surface area contributed by atoms with Crippen LogP contribution < -0.4 is 18.9 Å². The molecule has 1 N–H and O–H groups in total. The molecule has 1 aliphatic heterocycles. The maximum Gasteiger partial charge on any atom is 0.241 e. The van der Waals surface area contributed by atoms with E-state index in [1.54, 1.807) is 24.3 Å². The number of aromatic nitrogens is 4. The predicted molar refractivity (Wildman–Crippen MR) is 92.3 cm³/mol. The van der Waals surface area contributed by atoms with Crippen LogP contribution in [0.15, 0.2) is 47.6 Å². The van der Waals surface area contributed by atoms with Gasteiger partial charge in [0.05, 0.1) is 12.0 Å². The van der Waals surface area contributed by atoms with Crippen molar-refractivity contribution in [2.45, 2.75) is 11.4 Å². The van der Waals surface area contributed by atoms with E-state index in [1.807, 2.05) is 0 Å². The summed E-state index contributed by atoms with van der Waals surface area (Å²) in [4.78, 5) is 0.0666. The molecule has 0 unspecified atom stereocenters. The van der Waals surface area contributed by atoms with Gasteiger partial charge in [-0.15, -0.1) is 5.10 Å². The minimum absolute atomic E-state index is 0.0666. The maximum absolute atomic E-state index is 12.6. The van der Waals surface area contributed by atoms with Gasteiger partial charge in [-0.2, -0.15) is 4.68 Å². The number of hydrogen-bond acceptors (Lipinski definition) is 8. The molecule has 11 heteroatoms. The molecule has 2 aromatic carbocycles. The maximum atomic E-state index is 12.6. The van der Waals surface area contributed by atoms with Crippen molar-refractivity contribution in [3.05, 3.63) is 48.3 Å². The average molecular weight is 389 g/mol. The van der Waals surface area contributed by atoms with Crippen molar-refractivity contribution in [2.24, 2.45) is 0 Å². The van der Waals surface area contributed by atoms with E-state index in [-0.39, 0.29) is 18.2 Å². The highest BCUT2D eigenvalue weighted by Gasteiger charge is 2.19. The SMILES string of the molecule is COc1cc(S(=O)(=O)NCc2ccc3c(c2)OCO3)ccc1-n1cnnn1. The van der Waals surface area contributed by atoms with Crippen molar-refractivity contribution in [3.8, 4) is 22.9 Å². The second-order valence-corrected chi connectivity index (χ2v) is 7.37. The summed E-state index contributed by atoms with van der Waals surface area (Å²) in [5, 5.41) is 10.9. The molecule has 0 aliphatic carbocycles. The van der Waals surface area contributed by atoms with Gasteiger partial charge < -0.3 is 14.2 Å². The number of nitrogens with zero attached hydrogens (tertiary/aromatic N) is 4. The van der Waals surface area contributed by atoms with Crippen molar-refractivity contribution < 1.29 is 22.6 Å². The first kappa shape index (κ1) is 17.2. The first-order chi connectivity index (χ1) is 13.1. The van der Waals surface area contributed by atoms with E-state index >= 15 is 0 Å². The summed E-state index contributed by atoms with van der Waals surface area (Å²) in [6.07, 6.45) is 1.39. The average Bonchev–Trinajstić information content (AvgIpc) is 3.37. The number of benzene rings is 2. The van der Waals surface area contributed by atoms with E-state index in [0.717, 1.165) is 5.56 Å². The molecule has 0 atom stereocenters. The minimum Gasteiger partial charge on any atom is -0.494 e. The molecule has 0 fully saturated rings. The predicted octanol–water partition coefficient (Wildman–Crippen LogP) is 0.878. The summed E-state index contributed by atoms with van der Waals surface area (Å²) in [7, 11) is -2.31. The standard InChI is InChI=1S/C16H15N5O5S/c1-24-15-7-12(3-4-13(15)21-9-17-19-20-21)27(22,23)18-8-11-2-5-14-16(6-11)26-10-25-14/h2-7,9,18H,8,10H2,1H3. The monoisotopic (exact) mass is 389 g/mol. The smallest absolute Gasteiger partial charge is 0.241 e. The zero-order valence-electron chi connectivity index (χ0n) is 14.2. The van der Waals surface area contributed by atoms with Gasteiger partial charge in [0, 0.05) is 12.6 Å². The molecule has 0 spiro atoms. The third-order valence-electron chi connectivity index (χ3n) is 3.96. The quantitative estimate of drug-likeness (QED) is 0.660. The Morgan fingerprint density at radius 2 is 2.04 bits per heavy atom. The number of hydrogen-bond donors (Lipinski definition) is 1. The van der Waals surface area contributed by atoms with E-state index in [1.165, 1.54) is 30.3 Å². The normalized spacial score (nSPS) is 12.9. The van der Waals surface area contributed by atoms with Gasteiger partial charge in [0.1, 0.15) is 17.8 Å². The lowest BCUT2D eigenvalue weighted by Gasteiger charge is -2.11. The van der Waals surface area contributed by atoms with Gasteiger partial charge in [-0.3, -0.25) is 0 Å². The Labute approximate surface area is 154 Å². The lowest BCUT2D eigenvalue weighted by atomic mass is 10.2. The van der Waals surface area contributed by atoms with Crippen LogP contribution in [-0.2, 0) is 16.6 Å². The van der Waals surface area contributed by atoms with Crippen LogP contribution in [0.3, 0.4) is 0 Å². The largest absolute Gasteiger partial charge is 0.494 e. The van der Waals surface area contributed by atoms with Gasteiger partial charge in [0.2, 0.25) is 16.8 Å². The lowest BCUT2D eigenvalue weighted by molar-refractivity contribution is 0.174. The summed E-state index contributed by atoms with van der Waals surface area (Å²) < 4.78 is 45.0. The molecule has 10 nitrogen and oxygen atoms in total. The molecular formula is C16H15N5O5S. The molecule has 140 valence electrons. The van der Waals surface area contributed by atoms with E-state index in [0.29, 0.717) is 22.9 Å². The molecule has 0 saturated carbocycles. The molecule has 0 saturated heterocycles. The Hall–Kier alpha value is -3.18. The van der Waals surface area contributed by atoms with Gasteiger partial charge >= 0.3 is 0 Å². The molecule has 3 aromatic rings. The van der Waals surface area contributed by atoms with Crippen molar-refractivity contribution in [1.82, 2.24) is 24.9 Å². The van der Waals surface area contributed by atoms with Crippen LogP contribution in [0.2, 0.25) is 0 Å². The second kappa shape index (κ2) is 6.85. The molecular weight excluding hydrogens is 374 g/mol. The number of sulfonamides is 1. The second-order valence-electron chi connectivity index (χ2n) is 5.60. The summed E-state index contributed by atoms with van der Waals surface area (Å²) in [5.41, 5.74) is 1.28. The molecule has 4 rings (SSSR count). The molecule has 1 aromatic heterocycles. The number of fused-ring (bicyclic) bond motifs is 1. The molecule has 0 amide bonds. The highest BCUT2D eigenvalue weighted by Crippen LogP contribution is 2.32. The highest BCUT2D eigenvalue weighted by atomic mass is 32.2. The number of nitrogens with one attached hydrogen (secondary N) is 1. The third-order valence-corrected chi connectivity index (χ3v) is 5.36. The van der Waals surface area contributed by atoms with Gasteiger partial charge in [-0.25, -0.2) is 13.1 Å². The summed E-state index contributed by atoms with van der Waals surface area (Å²) in [6.45, 7) is 0.272. The topological polar surface area (TPSA) is 117 Å². The number of tetrazole rings is 1. The van der Waals surface area contributed by atoms with E-state index in [2.05, 4.69) is 20.2 Å². The van der Waals surface area contributed by atoms with Gasteiger partial charge in [-0.1, -0.05) is 6.07 Å². The van der Waals surface area contributed by atoms with Gasteiger partial charge in [-0.05, 0) is 40.3 Å². The first-order valence-electron chi connectivity index (χ1n) is 7.86. The molecule has 0 radical (unpaired) electrons. The van der Waals surface area contributed by atoms with Crippen LogP contribution in [0.5, 0.6) is 17.2 Å². The Balaban J connectivity index is 1.55. The summed E-state index contributed by atoms with van der Waals surface area (Å²) in [6, 6.07) is 9.71. The fourth-order valence-electron chi connectivity index (χ4n) is 2.60. The molecule has 0 bridgehead atoms. The minimum atomic E-state index is -3.75. The highest BCUT2D eigenvalue weighted by molar-refractivity contribution is 7.89. The van der Waals surface area contributed by atoms with E-state index in [9.17, 15) is 8.42 Å². The summed E-state index contributed by atoms with van der Waals surface area (Å²) >= 11 is 0. The van der Waals surface area contributed by atoms with Crippen LogP contribution >= 0.6 is 0 Å². The van der Waals surface area contributed by atoms with Crippen LogP contribution in [0.1, 0.15) is 5.56 Å². The third kappa shape index (κ3) is 3.41. The molecule has 1 aliphatic rings. The Morgan fingerprint density at radius 3 is 2.81 bits per heavy atom. The Bertz CT molecular complexity index is 1070. The van der Waals surface area contributed by atoms with Gasteiger partial charge in [0.25, 0.3) is 0 Å². The summed E-state index contributed by atoms with van der Waals surface area (Å²) in [5.74, 6) is 1.57. The fraction of sp³-hybridized carbons (Fsp3) is 0.188. The van der Waals surface area contributed by atoms with Crippen LogP contribution in [-0.4, -0.2) is 42.5 Å². The van der Waals surface area contributed by atoms with Crippen molar-refractivity contribution in [2.75, 3.05) is 13.9 Å². The number of ether oxygens (including phenoxy) is 3. The zero-order chi connectivity index (χ0) is 18.9. The van der Waals surface area contributed by atoms with Gasteiger partial charge in [0.15, 0.2) is 11.5 Å². The van der Waals surface area contributed by atoms with Crippen LogP contribution in [0.25, 0.3) is 5.69 Å². The Morgan fingerprint density at radius 1 is 1.19 bits per heavy atom. The van der Waals surface area contributed by atoms with E-state index in [4.69, 9.17) is 14.2 Å². The molecule has 27 heavy (non-hydrogen) atoms. The van der Waals surface area contributed by atoms with Crippen LogP contribution in [0.4, 0.5) is 0 Å². The van der Waals surface area contributed by atoms with Crippen molar-refractivity contribution in [1.29, 1.82) is 0 Å². The number of methoxy groups -OCH3 is 1. The number of rotatable bonds is 6. The fourth-order valence-corrected chi connectivity index (χ4v) is 3.63. The van der Waals surface area contributed by atoms with Crippen molar-refractivity contribution >= 4 is 10.0 Å². The Kier molecular flexibility index (Phi) is 4.38.